The lowest BCUT2D eigenvalue weighted by Gasteiger charge is -2.02. The molecule has 0 atom stereocenters. The monoisotopic (exact) mass is 187 g/mol. The minimum absolute atomic E-state index is 0.831. The first-order chi connectivity index (χ1) is 4.61. The maximum atomic E-state index is 4.18. The molecule has 1 aromatic rings. The number of thiol groups is 3. The molecule has 10 heavy (non-hydrogen) atoms. The minimum Gasteiger partial charge on any atom is -0.143 e. The third-order valence-corrected chi connectivity index (χ3v) is 2.24. The van der Waals surface area contributed by atoms with Crippen LogP contribution in [-0.4, -0.2) is 0 Å². The maximum Gasteiger partial charge on any atom is 0.00943 e. The van der Waals surface area contributed by atoms with Crippen molar-refractivity contribution in [1.82, 2.24) is 0 Å². The third kappa shape index (κ3) is 1.65. The molecule has 0 aliphatic carbocycles. The fourth-order valence-corrected chi connectivity index (χ4v) is 1.70. The molecule has 1 rings (SSSR count). The van der Waals surface area contributed by atoms with Gasteiger partial charge in [0.2, 0.25) is 0 Å². The molecule has 0 heterocycles. The topological polar surface area (TPSA) is 0 Å². The van der Waals surface area contributed by atoms with Crippen LogP contribution in [0.3, 0.4) is 0 Å². The van der Waals surface area contributed by atoms with Gasteiger partial charge in [-0.05, 0) is 24.6 Å². The zero-order chi connectivity index (χ0) is 7.72. The molecule has 0 fully saturated rings. The molecule has 53 valence electrons. The van der Waals surface area contributed by atoms with Crippen LogP contribution in [0.1, 0.15) is 5.56 Å². The van der Waals surface area contributed by atoms with E-state index in [9.17, 15) is 0 Å². The molecule has 0 saturated heterocycles. The van der Waals surface area contributed by atoms with E-state index >= 15 is 0 Å². The summed E-state index contributed by atoms with van der Waals surface area (Å²) in [5, 5.41) is 0. The van der Waals surface area contributed by atoms with Crippen LogP contribution in [0.15, 0.2) is 26.8 Å². The van der Waals surface area contributed by atoms with Gasteiger partial charge in [0, 0.05) is 14.7 Å². The van der Waals surface area contributed by atoms with Crippen LogP contribution in [0.4, 0.5) is 0 Å². The zero-order valence-corrected chi connectivity index (χ0v) is 7.89. The van der Waals surface area contributed by atoms with Crippen molar-refractivity contribution >= 4 is 37.9 Å². The standard InChI is InChI=1S/C7H7S3/c1-4-6(9)2-5(8)3-7(4)10/h2-3,8-10H,1H2. The van der Waals surface area contributed by atoms with Crippen LogP contribution in [0, 0.1) is 6.92 Å². The average molecular weight is 187 g/mol. The van der Waals surface area contributed by atoms with Gasteiger partial charge in [-0.15, -0.1) is 37.9 Å². The second-order valence-electron chi connectivity index (χ2n) is 1.96. The molecule has 3 heteroatoms. The molecule has 1 aromatic carbocycles. The Kier molecular flexibility index (Phi) is 2.61. The van der Waals surface area contributed by atoms with E-state index in [4.69, 9.17) is 0 Å². The maximum absolute atomic E-state index is 4.18. The van der Waals surface area contributed by atoms with Crippen molar-refractivity contribution in [1.29, 1.82) is 0 Å². The summed E-state index contributed by atoms with van der Waals surface area (Å²) in [6, 6.07) is 3.68. The molecule has 0 unspecified atom stereocenters. The number of hydrogen-bond acceptors (Lipinski definition) is 3. The van der Waals surface area contributed by atoms with E-state index in [1.165, 1.54) is 0 Å². The Balaban J connectivity index is 3.31. The molecular formula is C7H7S3. The van der Waals surface area contributed by atoms with Gasteiger partial charge >= 0.3 is 0 Å². The minimum atomic E-state index is 0.831. The van der Waals surface area contributed by atoms with Gasteiger partial charge in [-0.25, -0.2) is 0 Å². The molecule has 0 bridgehead atoms. The van der Waals surface area contributed by atoms with Gasteiger partial charge in [0.25, 0.3) is 0 Å². The van der Waals surface area contributed by atoms with E-state index in [-0.39, 0.29) is 0 Å². The first-order valence-electron chi connectivity index (χ1n) is 2.68. The van der Waals surface area contributed by atoms with E-state index in [1.54, 1.807) is 0 Å². The van der Waals surface area contributed by atoms with Crippen LogP contribution in [0.5, 0.6) is 0 Å². The van der Waals surface area contributed by atoms with Crippen molar-refractivity contribution in [2.24, 2.45) is 0 Å². The molecule has 0 aromatic heterocycles. The second kappa shape index (κ2) is 3.11. The van der Waals surface area contributed by atoms with Crippen LogP contribution in [0.2, 0.25) is 0 Å². The molecule has 0 spiro atoms. The first-order valence-corrected chi connectivity index (χ1v) is 4.02. The molecular weight excluding hydrogens is 180 g/mol. The van der Waals surface area contributed by atoms with E-state index in [1.807, 2.05) is 12.1 Å². The van der Waals surface area contributed by atoms with Gasteiger partial charge < -0.3 is 0 Å². The Bertz CT molecular complexity index is 232. The Morgan fingerprint density at radius 2 is 1.40 bits per heavy atom. The van der Waals surface area contributed by atoms with Crippen molar-refractivity contribution in [3.05, 3.63) is 24.6 Å². The highest BCUT2D eigenvalue weighted by Gasteiger charge is 1.98. The van der Waals surface area contributed by atoms with Gasteiger partial charge in [0.05, 0.1) is 0 Å². The quantitative estimate of drug-likeness (QED) is 0.511. The van der Waals surface area contributed by atoms with Crippen LogP contribution < -0.4 is 0 Å². The molecule has 1 radical (unpaired) electrons. The molecule has 0 saturated carbocycles. The Hall–Kier alpha value is 0.270. The van der Waals surface area contributed by atoms with Crippen molar-refractivity contribution in [2.75, 3.05) is 0 Å². The molecule has 0 amide bonds. The van der Waals surface area contributed by atoms with Crippen molar-refractivity contribution in [2.45, 2.75) is 14.7 Å². The highest BCUT2D eigenvalue weighted by molar-refractivity contribution is 7.82. The Morgan fingerprint density at radius 3 is 1.80 bits per heavy atom. The fraction of sp³-hybridized carbons (Fsp3) is 0. The molecule has 0 N–H and O–H groups in total. The lowest BCUT2D eigenvalue weighted by atomic mass is 10.2. The van der Waals surface area contributed by atoms with Crippen LogP contribution in [0.25, 0.3) is 0 Å². The van der Waals surface area contributed by atoms with Crippen molar-refractivity contribution < 1.29 is 0 Å². The number of benzene rings is 1. The third-order valence-electron chi connectivity index (χ3n) is 1.19. The Labute approximate surface area is 77.3 Å². The van der Waals surface area contributed by atoms with Gasteiger partial charge in [0.15, 0.2) is 0 Å². The smallest absolute Gasteiger partial charge is 0.00943 e. The van der Waals surface area contributed by atoms with Gasteiger partial charge in [-0.1, -0.05) is 0 Å². The summed E-state index contributed by atoms with van der Waals surface area (Å²) in [4.78, 5) is 2.53. The highest BCUT2D eigenvalue weighted by Crippen LogP contribution is 2.24. The largest absolute Gasteiger partial charge is 0.143 e. The summed E-state index contributed by atoms with van der Waals surface area (Å²) in [6.07, 6.45) is 0. The van der Waals surface area contributed by atoms with Crippen molar-refractivity contribution in [3.63, 3.8) is 0 Å². The number of rotatable bonds is 0. The SMILES string of the molecule is [CH2]c1c(S)cc(S)cc1S. The van der Waals surface area contributed by atoms with Crippen molar-refractivity contribution in [3.8, 4) is 0 Å². The highest BCUT2D eigenvalue weighted by atomic mass is 32.1. The zero-order valence-electron chi connectivity index (χ0n) is 5.20. The van der Waals surface area contributed by atoms with E-state index in [0.29, 0.717) is 0 Å². The van der Waals surface area contributed by atoms with Crippen LogP contribution in [-0.2, 0) is 0 Å². The summed E-state index contributed by atoms with van der Waals surface area (Å²) >= 11 is 12.5. The summed E-state index contributed by atoms with van der Waals surface area (Å²) in [6.45, 7) is 3.77. The summed E-state index contributed by atoms with van der Waals surface area (Å²) in [5.74, 6) is 0. The van der Waals surface area contributed by atoms with Gasteiger partial charge in [-0.2, -0.15) is 0 Å². The summed E-state index contributed by atoms with van der Waals surface area (Å²) < 4.78 is 0. The molecule has 0 aliphatic heterocycles. The molecule has 0 aliphatic rings. The summed E-state index contributed by atoms with van der Waals surface area (Å²) in [5.41, 5.74) is 0.851. The molecule has 0 nitrogen and oxygen atoms in total. The lowest BCUT2D eigenvalue weighted by molar-refractivity contribution is 1.20. The average Bonchev–Trinajstić information content (AvgIpc) is 1.82. The number of hydrogen-bond donors (Lipinski definition) is 3. The predicted octanol–water partition coefficient (Wildman–Crippen LogP) is 2.73. The first kappa shape index (κ1) is 8.37. The van der Waals surface area contributed by atoms with Crippen LogP contribution >= 0.6 is 37.9 Å². The van der Waals surface area contributed by atoms with Gasteiger partial charge in [-0.3, -0.25) is 0 Å². The normalized spacial score (nSPS) is 10.0. The summed E-state index contributed by atoms with van der Waals surface area (Å²) in [7, 11) is 0. The Morgan fingerprint density at radius 1 is 1.00 bits per heavy atom. The van der Waals surface area contributed by atoms with Gasteiger partial charge in [0.1, 0.15) is 0 Å². The fourth-order valence-electron chi connectivity index (χ4n) is 0.627. The van der Waals surface area contributed by atoms with E-state index in [0.717, 1.165) is 20.2 Å². The lowest BCUT2D eigenvalue weighted by Crippen LogP contribution is -1.79. The van der Waals surface area contributed by atoms with E-state index in [2.05, 4.69) is 44.8 Å². The second-order valence-corrected chi connectivity index (χ2v) is 3.44. The predicted molar refractivity (Wildman–Crippen MR) is 52.7 cm³/mol. The van der Waals surface area contributed by atoms with E-state index < -0.39 is 0 Å².